The smallest absolute Gasteiger partial charge is 0.305 e. The van der Waals surface area contributed by atoms with Crippen LogP contribution >= 0.6 is 0 Å². The summed E-state index contributed by atoms with van der Waals surface area (Å²) >= 11 is 0. The molecule has 0 saturated carbocycles. The monoisotopic (exact) mass is 340 g/mol. The van der Waals surface area contributed by atoms with Gasteiger partial charge in [-0.25, -0.2) is 0 Å². The molecule has 3 nitrogen and oxygen atoms in total. The van der Waals surface area contributed by atoms with Crippen LogP contribution < -0.4 is 0 Å². The molecule has 0 bridgehead atoms. The molecule has 1 rings (SSSR count). The molecule has 1 fully saturated rings. The van der Waals surface area contributed by atoms with Gasteiger partial charge in [-0.05, 0) is 25.7 Å². The summed E-state index contributed by atoms with van der Waals surface area (Å²) in [5, 5.41) is 0. The van der Waals surface area contributed by atoms with Crippen molar-refractivity contribution >= 4 is 5.97 Å². The van der Waals surface area contributed by atoms with Gasteiger partial charge >= 0.3 is 5.97 Å². The highest BCUT2D eigenvalue weighted by atomic mass is 16.6. The van der Waals surface area contributed by atoms with Crippen molar-refractivity contribution in [2.75, 3.05) is 6.61 Å². The second-order valence-electron chi connectivity index (χ2n) is 7.30. The lowest BCUT2D eigenvalue weighted by atomic mass is 10.0. The number of hydrogen-bond donors (Lipinski definition) is 0. The Morgan fingerprint density at radius 2 is 1.29 bits per heavy atom. The van der Waals surface area contributed by atoms with E-state index in [1.54, 1.807) is 0 Å². The Balaban J connectivity index is 1.77. The Morgan fingerprint density at radius 3 is 1.88 bits per heavy atom. The summed E-state index contributed by atoms with van der Waals surface area (Å²) in [5.74, 6) is -0.0271. The normalized spacial score (nSPS) is 19.4. The highest BCUT2D eigenvalue weighted by Crippen LogP contribution is 2.31. The average molecular weight is 341 g/mol. The second-order valence-corrected chi connectivity index (χ2v) is 7.30. The van der Waals surface area contributed by atoms with Crippen molar-refractivity contribution in [3.8, 4) is 0 Å². The van der Waals surface area contributed by atoms with Crippen molar-refractivity contribution in [1.82, 2.24) is 0 Å². The first-order valence-corrected chi connectivity index (χ1v) is 10.6. The lowest BCUT2D eigenvalue weighted by Crippen LogP contribution is -2.04. The van der Waals surface area contributed by atoms with Gasteiger partial charge in [0.05, 0.1) is 18.8 Å². The van der Waals surface area contributed by atoms with E-state index in [1.165, 1.54) is 70.6 Å². The maximum absolute atomic E-state index is 11.3. The van der Waals surface area contributed by atoms with Crippen LogP contribution in [0.1, 0.15) is 110 Å². The van der Waals surface area contributed by atoms with Crippen LogP contribution in [0.3, 0.4) is 0 Å². The topological polar surface area (TPSA) is 38.8 Å². The maximum atomic E-state index is 11.3. The molecular formula is C21H40O3. The van der Waals surface area contributed by atoms with Crippen LogP contribution in [0, 0.1) is 0 Å². The van der Waals surface area contributed by atoms with E-state index in [-0.39, 0.29) is 5.97 Å². The van der Waals surface area contributed by atoms with Gasteiger partial charge in [0, 0.05) is 6.42 Å². The molecule has 1 aliphatic heterocycles. The van der Waals surface area contributed by atoms with Gasteiger partial charge in [0.1, 0.15) is 0 Å². The largest absolute Gasteiger partial charge is 0.466 e. The van der Waals surface area contributed by atoms with Crippen molar-refractivity contribution in [2.24, 2.45) is 0 Å². The summed E-state index contributed by atoms with van der Waals surface area (Å²) in [6.45, 7) is 4.86. The van der Waals surface area contributed by atoms with Gasteiger partial charge < -0.3 is 9.47 Å². The van der Waals surface area contributed by atoms with Crippen molar-refractivity contribution in [3.63, 3.8) is 0 Å². The fourth-order valence-electron chi connectivity index (χ4n) is 3.25. The summed E-state index contributed by atoms with van der Waals surface area (Å²) in [6, 6.07) is 0. The molecule has 0 N–H and O–H groups in total. The molecule has 2 unspecified atom stereocenters. The first-order chi connectivity index (χ1) is 11.8. The molecule has 0 aromatic carbocycles. The van der Waals surface area contributed by atoms with E-state index in [0.717, 1.165) is 19.3 Å². The molecule has 2 atom stereocenters. The fraction of sp³-hybridized carbons (Fsp3) is 0.952. The van der Waals surface area contributed by atoms with Crippen LogP contribution in [0.5, 0.6) is 0 Å². The minimum Gasteiger partial charge on any atom is -0.466 e. The summed E-state index contributed by atoms with van der Waals surface area (Å²) in [7, 11) is 0. The summed E-state index contributed by atoms with van der Waals surface area (Å²) in [5.41, 5.74) is 0. The third kappa shape index (κ3) is 11.9. The van der Waals surface area contributed by atoms with Crippen LogP contribution in [-0.2, 0) is 14.3 Å². The Bertz CT molecular complexity index is 303. The lowest BCUT2D eigenvalue weighted by molar-refractivity contribution is -0.143. The van der Waals surface area contributed by atoms with Crippen LogP contribution in [0.2, 0.25) is 0 Å². The summed E-state index contributed by atoms with van der Waals surface area (Å²) < 4.78 is 10.9. The summed E-state index contributed by atoms with van der Waals surface area (Å²) in [4.78, 5) is 11.3. The zero-order valence-corrected chi connectivity index (χ0v) is 16.2. The first-order valence-electron chi connectivity index (χ1n) is 10.6. The lowest BCUT2D eigenvalue weighted by Gasteiger charge is -2.03. The minimum absolute atomic E-state index is 0.0271. The zero-order valence-electron chi connectivity index (χ0n) is 16.2. The number of unbranched alkanes of at least 4 members (excludes halogenated alkanes) is 9. The van der Waals surface area contributed by atoms with E-state index >= 15 is 0 Å². The van der Waals surface area contributed by atoms with Crippen LogP contribution in [0.4, 0.5) is 0 Å². The van der Waals surface area contributed by atoms with Crippen molar-refractivity contribution in [3.05, 3.63) is 0 Å². The molecule has 0 amide bonds. The zero-order chi connectivity index (χ0) is 17.5. The number of hydrogen-bond acceptors (Lipinski definition) is 3. The number of rotatable bonds is 17. The van der Waals surface area contributed by atoms with Gasteiger partial charge in [-0.1, -0.05) is 78.1 Å². The third-order valence-electron chi connectivity index (χ3n) is 4.87. The van der Waals surface area contributed by atoms with Crippen molar-refractivity contribution < 1.29 is 14.3 Å². The quantitative estimate of drug-likeness (QED) is 0.180. The van der Waals surface area contributed by atoms with Crippen LogP contribution in [0.25, 0.3) is 0 Å². The van der Waals surface area contributed by atoms with Crippen LogP contribution in [0.15, 0.2) is 0 Å². The summed E-state index contributed by atoms with van der Waals surface area (Å²) in [6.07, 6.45) is 19.3. The Kier molecular flexibility index (Phi) is 13.2. The van der Waals surface area contributed by atoms with Crippen molar-refractivity contribution in [2.45, 2.75) is 122 Å². The molecule has 1 heterocycles. The van der Waals surface area contributed by atoms with E-state index in [1.807, 2.05) is 6.92 Å². The van der Waals surface area contributed by atoms with Gasteiger partial charge in [-0.3, -0.25) is 4.79 Å². The predicted octanol–water partition coefficient (Wildman–Crippen LogP) is 6.19. The molecular weight excluding hydrogens is 300 g/mol. The highest BCUT2D eigenvalue weighted by Gasteiger charge is 2.36. The molecule has 0 aromatic heterocycles. The van der Waals surface area contributed by atoms with E-state index in [2.05, 4.69) is 6.92 Å². The van der Waals surface area contributed by atoms with Gasteiger partial charge in [0.15, 0.2) is 0 Å². The molecule has 1 aliphatic rings. The SMILES string of the molecule is CCCCCCCCC1OC1CCCCCCCC(=O)OCCC. The molecule has 0 spiro atoms. The highest BCUT2D eigenvalue weighted by molar-refractivity contribution is 5.69. The molecule has 0 aliphatic carbocycles. The predicted molar refractivity (Wildman–Crippen MR) is 100 cm³/mol. The van der Waals surface area contributed by atoms with E-state index in [9.17, 15) is 4.79 Å². The van der Waals surface area contributed by atoms with Crippen LogP contribution in [-0.4, -0.2) is 24.8 Å². The van der Waals surface area contributed by atoms with Gasteiger partial charge in [-0.15, -0.1) is 0 Å². The van der Waals surface area contributed by atoms with Gasteiger partial charge in [-0.2, -0.15) is 0 Å². The fourth-order valence-corrected chi connectivity index (χ4v) is 3.25. The standard InChI is InChI=1S/C21H40O3/c1-3-5-6-7-9-12-15-19-20(24-19)16-13-10-8-11-14-17-21(22)23-18-4-2/h19-20H,3-18H2,1-2H3. The number of carbonyl (C=O) groups is 1. The van der Waals surface area contributed by atoms with Gasteiger partial charge in [0.2, 0.25) is 0 Å². The molecule has 0 aromatic rings. The van der Waals surface area contributed by atoms with Crippen molar-refractivity contribution in [1.29, 1.82) is 0 Å². The molecule has 142 valence electrons. The van der Waals surface area contributed by atoms with E-state index < -0.39 is 0 Å². The Hall–Kier alpha value is -0.570. The minimum atomic E-state index is -0.0271. The Labute approximate surface area is 149 Å². The Morgan fingerprint density at radius 1 is 0.750 bits per heavy atom. The van der Waals surface area contributed by atoms with E-state index in [0.29, 0.717) is 25.2 Å². The number of esters is 1. The number of epoxide rings is 1. The molecule has 0 radical (unpaired) electrons. The molecule has 24 heavy (non-hydrogen) atoms. The average Bonchev–Trinajstić information content (AvgIpc) is 3.33. The molecule has 3 heteroatoms. The molecule has 1 saturated heterocycles. The maximum Gasteiger partial charge on any atom is 0.305 e. The second kappa shape index (κ2) is 14.7. The van der Waals surface area contributed by atoms with E-state index in [4.69, 9.17) is 9.47 Å². The number of carbonyl (C=O) groups excluding carboxylic acids is 1. The third-order valence-corrected chi connectivity index (χ3v) is 4.87. The van der Waals surface area contributed by atoms with Gasteiger partial charge in [0.25, 0.3) is 0 Å². The number of ether oxygens (including phenoxy) is 2. The first kappa shape index (κ1) is 21.5.